The fourth-order valence-electron chi connectivity index (χ4n) is 3.85. The van der Waals surface area contributed by atoms with Crippen molar-refractivity contribution in [2.24, 2.45) is 0 Å². The van der Waals surface area contributed by atoms with Gasteiger partial charge >= 0.3 is 0 Å². The Labute approximate surface area is 189 Å². The van der Waals surface area contributed by atoms with Gasteiger partial charge in [0.15, 0.2) is 0 Å². The molecule has 4 N–H and O–H groups in total. The molecule has 1 aliphatic heterocycles. The molecule has 0 fully saturated rings. The lowest BCUT2D eigenvalue weighted by atomic mass is 10.1. The standard InChI is InChI=1S/C22H25N5O4S/c1-4-6-14-18-19(27(3)25-14)22(29)24-20(23-18)13-11-12(7-8-15(13)31-5-2)16-9-10-17(32-16)21(28)26-30/h7-11,14,25,30H,4-6H2,1-3H3,(H,26,28)(H,23,24,29). The lowest BCUT2D eigenvalue weighted by Crippen LogP contribution is -2.32. The number of thiophene rings is 1. The van der Waals surface area contributed by atoms with Crippen molar-refractivity contribution >= 4 is 22.9 Å². The molecule has 32 heavy (non-hydrogen) atoms. The van der Waals surface area contributed by atoms with E-state index in [4.69, 9.17) is 14.9 Å². The first-order valence-corrected chi connectivity index (χ1v) is 11.2. The molecule has 3 aromatic rings. The van der Waals surface area contributed by atoms with Gasteiger partial charge in [-0.3, -0.25) is 14.8 Å². The van der Waals surface area contributed by atoms with Gasteiger partial charge in [0.05, 0.1) is 28.8 Å². The predicted molar refractivity (Wildman–Crippen MR) is 123 cm³/mol. The summed E-state index contributed by atoms with van der Waals surface area (Å²) in [5, 5.41) is 10.6. The third-order valence-electron chi connectivity index (χ3n) is 5.26. The molecule has 1 unspecified atom stereocenters. The average molecular weight is 456 g/mol. The lowest BCUT2D eigenvalue weighted by molar-refractivity contribution is 0.0711. The number of amides is 1. The molecule has 0 saturated carbocycles. The van der Waals surface area contributed by atoms with E-state index in [0.29, 0.717) is 34.3 Å². The number of carbonyl (C=O) groups excluding carboxylic acids is 1. The van der Waals surface area contributed by atoms with Crippen LogP contribution in [0.15, 0.2) is 35.1 Å². The topological polar surface area (TPSA) is 120 Å². The molecule has 1 amide bonds. The number of rotatable bonds is 7. The summed E-state index contributed by atoms with van der Waals surface area (Å²) < 4.78 is 5.82. The summed E-state index contributed by atoms with van der Waals surface area (Å²) in [5.74, 6) is 0.480. The monoisotopic (exact) mass is 455 g/mol. The van der Waals surface area contributed by atoms with E-state index < -0.39 is 5.91 Å². The SMILES string of the molecule is CCCC1NN(C)c2c1nc(-c1cc(-c3ccc(C(=O)NO)s3)ccc1OCC)[nH]c2=O. The Balaban J connectivity index is 1.82. The Kier molecular flexibility index (Phi) is 6.26. The molecule has 168 valence electrons. The first-order chi connectivity index (χ1) is 15.5. The molecule has 4 rings (SSSR count). The van der Waals surface area contributed by atoms with Gasteiger partial charge in [-0.1, -0.05) is 13.3 Å². The van der Waals surface area contributed by atoms with Gasteiger partial charge < -0.3 is 14.7 Å². The zero-order chi connectivity index (χ0) is 22.8. The number of carbonyl (C=O) groups is 1. The van der Waals surface area contributed by atoms with E-state index in [1.165, 1.54) is 11.3 Å². The Morgan fingerprint density at radius 1 is 1.31 bits per heavy atom. The van der Waals surface area contributed by atoms with E-state index in [-0.39, 0.29) is 11.6 Å². The number of aromatic nitrogens is 2. The van der Waals surface area contributed by atoms with E-state index >= 15 is 0 Å². The maximum atomic E-state index is 12.9. The minimum Gasteiger partial charge on any atom is -0.493 e. The summed E-state index contributed by atoms with van der Waals surface area (Å²) in [7, 11) is 1.81. The van der Waals surface area contributed by atoms with Crippen molar-refractivity contribution in [1.82, 2.24) is 20.9 Å². The number of nitrogens with zero attached hydrogens (tertiary/aromatic N) is 2. The third-order valence-corrected chi connectivity index (χ3v) is 6.40. The fraction of sp³-hybridized carbons (Fsp3) is 0.318. The van der Waals surface area contributed by atoms with E-state index in [2.05, 4.69) is 17.3 Å². The normalized spacial score (nSPS) is 15.0. The number of ether oxygens (including phenoxy) is 1. The Hall–Kier alpha value is -3.21. The highest BCUT2D eigenvalue weighted by Gasteiger charge is 2.31. The van der Waals surface area contributed by atoms with Crippen LogP contribution in [0.2, 0.25) is 0 Å². The van der Waals surface area contributed by atoms with Crippen LogP contribution < -0.4 is 26.2 Å². The molecular weight excluding hydrogens is 430 g/mol. The molecule has 0 bridgehead atoms. The van der Waals surface area contributed by atoms with Crippen LogP contribution in [-0.2, 0) is 0 Å². The van der Waals surface area contributed by atoms with Crippen LogP contribution in [-0.4, -0.2) is 34.7 Å². The summed E-state index contributed by atoms with van der Waals surface area (Å²) in [6.07, 6.45) is 1.81. The highest BCUT2D eigenvalue weighted by Crippen LogP contribution is 2.37. The molecule has 3 heterocycles. The van der Waals surface area contributed by atoms with Crippen LogP contribution in [0.4, 0.5) is 5.69 Å². The summed E-state index contributed by atoms with van der Waals surface area (Å²) in [6.45, 7) is 4.45. The Morgan fingerprint density at radius 3 is 2.84 bits per heavy atom. The van der Waals surface area contributed by atoms with Crippen LogP contribution in [0.1, 0.15) is 48.1 Å². The van der Waals surface area contributed by atoms with Gasteiger partial charge in [-0.25, -0.2) is 15.9 Å². The van der Waals surface area contributed by atoms with Gasteiger partial charge in [-0.2, -0.15) is 0 Å². The minimum absolute atomic E-state index is 0.0309. The third kappa shape index (κ3) is 3.99. The van der Waals surface area contributed by atoms with Crippen molar-refractivity contribution in [2.45, 2.75) is 32.7 Å². The minimum atomic E-state index is -0.560. The molecule has 0 saturated heterocycles. The summed E-state index contributed by atoms with van der Waals surface area (Å²) >= 11 is 1.25. The van der Waals surface area contributed by atoms with Gasteiger partial charge in [0.2, 0.25) is 0 Å². The maximum absolute atomic E-state index is 12.9. The summed E-state index contributed by atoms with van der Waals surface area (Å²) in [5.41, 5.74) is 7.48. The van der Waals surface area contributed by atoms with Crippen LogP contribution in [0.3, 0.4) is 0 Å². The first kappa shape index (κ1) is 22.0. The van der Waals surface area contributed by atoms with Crippen molar-refractivity contribution in [3.8, 4) is 27.6 Å². The molecule has 2 aromatic heterocycles. The van der Waals surface area contributed by atoms with Crippen LogP contribution in [0.5, 0.6) is 5.75 Å². The average Bonchev–Trinajstić information content (AvgIpc) is 3.39. The summed E-state index contributed by atoms with van der Waals surface area (Å²) in [4.78, 5) is 33.6. The summed E-state index contributed by atoms with van der Waals surface area (Å²) in [6, 6.07) is 9.04. The number of hydrogen-bond donors (Lipinski definition) is 4. The van der Waals surface area contributed by atoms with Gasteiger partial charge in [0.25, 0.3) is 11.5 Å². The highest BCUT2D eigenvalue weighted by molar-refractivity contribution is 7.17. The molecule has 1 atom stereocenters. The van der Waals surface area contributed by atoms with Crippen molar-refractivity contribution in [2.75, 3.05) is 18.7 Å². The number of H-pyrrole nitrogens is 1. The van der Waals surface area contributed by atoms with E-state index in [1.807, 2.05) is 38.2 Å². The van der Waals surface area contributed by atoms with Gasteiger partial charge in [0.1, 0.15) is 17.3 Å². The smallest absolute Gasteiger partial charge is 0.284 e. The van der Waals surface area contributed by atoms with Gasteiger partial charge in [-0.05, 0) is 49.2 Å². The quantitative estimate of drug-likeness (QED) is 0.318. The second-order valence-electron chi connectivity index (χ2n) is 7.43. The number of aromatic amines is 1. The van der Waals surface area contributed by atoms with E-state index in [0.717, 1.165) is 29.0 Å². The zero-order valence-electron chi connectivity index (χ0n) is 18.1. The molecule has 9 nitrogen and oxygen atoms in total. The number of anilines is 1. The largest absolute Gasteiger partial charge is 0.493 e. The number of nitrogens with one attached hydrogen (secondary N) is 3. The van der Waals surface area contributed by atoms with Crippen molar-refractivity contribution in [1.29, 1.82) is 0 Å². The Morgan fingerprint density at radius 2 is 2.12 bits per heavy atom. The highest BCUT2D eigenvalue weighted by atomic mass is 32.1. The number of benzene rings is 1. The van der Waals surface area contributed by atoms with Crippen LogP contribution in [0, 0.1) is 0 Å². The second kappa shape index (κ2) is 9.11. The van der Waals surface area contributed by atoms with E-state index in [1.54, 1.807) is 16.6 Å². The molecule has 1 aliphatic rings. The molecule has 1 aromatic carbocycles. The number of fused-ring (bicyclic) bond motifs is 1. The van der Waals surface area contributed by atoms with Crippen molar-refractivity contribution < 1.29 is 14.7 Å². The lowest BCUT2D eigenvalue weighted by Gasteiger charge is -2.13. The number of hydroxylamine groups is 1. The molecule has 0 spiro atoms. The zero-order valence-corrected chi connectivity index (χ0v) is 18.9. The molecular formula is C22H25N5O4S. The predicted octanol–water partition coefficient (Wildman–Crippen LogP) is 3.48. The fourth-order valence-corrected chi connectivity index (χ4v) is 4.74. The number of hydrazine groups is 1. The van der Waals surface area contributed by atoms with Crippen LogP contribution >= 0.6 is 11.3 Å². The van der Waals surface area contributed by atoms with E-state index in [9.17, 15) is 9.59 Å². The van der Waals surface area contributed by atoms with Crippen LogP contribution in [0.25, 0.3) is 21.8 Å². The maximum Gasteiger partial charge on any atom is 0.284 e. The molecule has 10 heteroatoms. The molecule has 0 radical (unpaired) electrons. The first-order valence-electron chi connectivity index (χ1n) is 10.4. The Bertz CT molecular complexity index is 1210. The number of hydrogen-bond acceptors (Lipinski definition) is 8. The van der Waals surface area contributed by atoms with Gasteiger partial charge in [-0.15, -0.1) is 11.3 Å². The van der Waals surface area contributed by atoms with Crippen molar-refractivity contribution in [3.63, 3.8) is 0 Å². The van der Waals surface area contributed by atoms with Gasteiger partial charge in [0, 0.05) is 11.9 Å². The van der Waals surface area contributed by atoms with Crippen molar-refractivity contribution in [3.05, 3.63) is 51.3 Å². The second-order valence-corrected chi connectivity index (χ2v) is 8.51. The molecule has 0 aliphatic carbocycles.